The molecule has 92 valence electrons. The van der Waals surface area contributed by atoms with Gasteiger partial charge in [-0.15, -0.1) is 0 Å². The van der Waals surface area contributed by atoms with Gasteiger partial charge >= 0.3 is 0 Å². The molecule has 0 aliphatic heterocycles. The Morgan fingerprint density at radius 1 is 1.47 bits per heavy atom. The van der Waals surface area contributed by atoms with Crippen LogP contribution in [0.5, 0.6) is 0 Å². The van der Waals surface area contributed by atoms with Gasteiger partial charge in [-0.05, 0) is 42.0 Å². The first-order valence-electron chi connectivity index (χ1n) is 5.56. The predicted octanol–water partition coefficient (Wildman–Crippen LogP) is 2.51. The minimum atomic E-state index is 0.806. The summed E-state index contributed by atoms with van der Waals surface area (Å²) >= 11 is 3.56. The van der Waals surface area contributed by atoms with Crippen molar-refractivity contribution in [2.75, 3.05) is 13.6 Å². The van der Waals surface area contributed by atoms with Gasteiger partial charge in [0.2, 0.25) is 0 Å². The summed E-state index contributed by atoms with van der Waals surface area (Å²) in [5.41, 5.74) is 0.867. The van der Waals surface area contributed by atoms with Gasteiger partial charge in [-0.2, -0.15) is 0 Å². The minimum absolute atomic E-state index is 0.806. The monoisotopic (exact) mass is 297 g/mol. The lowest BCUT2D eigenvalue weighted by atomic mass is 10.3. The molecule has 0 saturated heterocycles. The molecule has 2 heterocycles. The maximum absolute atomic E-state index is 5.60. The molecular weight excluding hydrogens is 282 g/mol. The molecule has 0 radical (unpaired) electrons. The molecule has 0 atom stereocenters. The van der Waals surface area contributed by atoms with Crippen molar-refractivity contribution in [1.82, 2.24) is 14.9 Å². The van der Waals surface area contributed by atoms with Crippen LogP contribution in [0.25, 0.3) is 11.5 Å². The number of imidazole rings is 1. The number of hydrogen-bond donors (Lipinski definition) is 1. The van der Waals surface area contributed by atoms with Crippen LogP contribution < -0.4 is 5.32 Å². The van der Waals surface area contributed by atoms with E-state index in [0.29, 0.717) is 0 Å². The molecule has 2 aromatic rings. The summed E-state index contributed by atoms with van der Waals surface area (Å²) in [5.74, 6) is 2.74. The first-order valence-corrected chi connectivity index (χ1v) is 6.35. The first-order chi connectivity index (χ1) is 8.13. The van der Waals surface area contributed by atoms with Crippen molar-refractivity contribution in [3.8, 4) is 11.5 Å². The van der Waals surface area contributed by atoms with Crippen molar-refractivity contribution >= 4 is 15.9 Å². The molecule has 0 unspecified atom stereocenters. The van der Waals surface area contributed by atoms with E-state index in [2.05, 4.69) is 26.2 Å². The summed E-state index contributed by atoms with van der Waals surface area (Å²) in [5, 5.41) is 3.12. The topological polar surface area (TPSA) is 43.0 Å². The lowest BCUT2D eigenvalue weighted by molar-refractivity contribution is 0.546. The number of aromatic nitrogens is 2. The van der Waals surface area contributed by atoms with Crippen LogP contribution in [0.15, 0.2) is 21.2 Å². The van der Waals surface area contributed by atoms with Gasteiger partial charge in [0.05, 0.1) is 0 Å². The van der Waals surface area contributed by atoms with E-state index in [1.165, 1.54) is 0 Å². The number of likely N-dealkylation sites (N-methyl/N-ethyl adjacent to an activating group) is 1. The smallest absolute Gasteiger partial charge is 0.155 e. The second-order valence-corrected chi connectivity index (χ2v) is 4.74. The standard InChI is InChI=1S/C12H16BrN3O/c1-8-4-5-9(17-8)11-12(13)16(3)10(15-11)6-7-14-2/h4-5,14H,6-7H2,1-3H3. The molecule has 0 aromatic carbocycles. The number of halogens is 1. The zero-order chi connectivity index (χ0) is 12.4. The summed E-state index contributed by atoms with van der Waals surface area (Å²) in [4.78, 5) is 4.61. The number of nitrogens with zero attached hydrogens (tertiary/aromatic N) is 2. The summed E-state index contributed by atoms with van der Waals surface area (Å²) in [6, 6.07) is 3.90. The third kappa shape index (κ3) is 2.45. The second-order valence-electron chi connectivity index (χ2n) is 3.99. The van der Waals surface area contributed by atoms with Gasteiger partial charge in [-0.1, -0.05) is 0 Å². The third-order valence-corrected chi connectivity index (χ3v) is 3.60. The molecular formula is C12H16BrN3O. The number of rotatable bonds is 4. The maximum Gasteiger partial charge on any atom is 0.155 e. The molecule has 0 aliphatic rings. The Hall–Kier alpha value is -1.07. The maximum atomic E-state index is 5.60. The fraction of sp³-hybridized carbons (Fsp3) is 0.417. The summed E-state index contributed by atoms with van der Waals surface area (Å²) < 4.78 is 8.60. The zero-order valence-electron chi connectivity index (χ0n) is 10.2. The number of nitrogens with one attached hydrogen (secondary N) is 1. The lowest BCUT2D eigenvalue weighted by Crippen LogP contribution is -2.13. The van der Waals surface area contributed by atoms with Crippen LogP contribution in [0.3, 0.4) is 0 Å². The van der Waals surface area contributed by atoms with Crippen LogP contribution in [0, 0.1) is 6.92 Å². The fourth-order valence-electron chi connectivity index (χ4n) is 1.70. The van der Waals surface area contributed by atoms with Crippen molar-refractivity contribution in [3.63, 3.8) is 0 Å². The third-order valence-electron chi connectivity index (χ3n) is 2.69. The molecule has 0 fully saturated rings. The summed E-state index contributed by atoms with van der Waals surface area (Å²) in [6.45, 7) is 2.84. The van der Waals surface area contributed by atoms with E-state index >= 15 is 0 Å². The van der Waals surface area contributed by atoms with Crippen LogP contribution in [0.2, 0.25) is 0 Å². The molecule has 5 heteroatoms. The number of hydrogen-bond acceptors (Lipinski definition) is 3. The highest BCUT2D eigenvalue weighted by Crippen LogP contribution is 2.29. The normalized spacial score (nSPS) is 11.1. The van der Waals surface area contributed by atoms with Crippen molar-refractivity contribution in [2.24, 2.45) is 7.05 Å². The van der Waals surface area contributed by atoms with Crippen molar-refractivity contribution in [1.29, 1.82) is 0 Å². The number of aryl methyl sites for hydroxylation is 1. The first kappa shape index (κ1) is 12.4. The zero-order valence-corrected chi connectivity index (χ0v) is 11.8. The van der Waals surface area contributed by atoms with Gasteiger partial charge in [0.15, 0.2) is 5.76 Å². The quantitative estimate of drug-likeness (QED) is 0.943. The summed E-state index contributed by atoms with van der Waals surface area (Å²) in [6.07, 6.45) is 0.894. The minimum Gasteiger partial charge on any atom is -0.460 e. The van der Waals surface area contributed by atoms with E-state index in [0.717, 1.165) is 40.6 Å². The molecule has 2 aromatic heterocycles. The van der Waals surface area contributed by atoms with Gasteiger partial charge in [0.1, 0.15) is 21.9 Å². The van der Waals surface area contributed by atoms with Crippen molar-refractivity contribution < 1.29 is 4.42 Å². The summed E-state index contributed by atoms with van der Waals surface area (Å²) in [7, 11) is 3.94. The van der Waals surface area contributed by atoms with Crippen LogP contribution in [-0.2, 0) is 13.5 Å². The Bertz CT molecular complexity index is 516. The highest BCUT2D eigenvalue weighted by Gasteiger charge is 2.16. The fourth-order valence-corrected chi connectivity index (χ4v) is 2.19. The van der Waals surface area contributed by atoms with Gasteiger partial charge in [-0.25, -0.2) is 4.98 Å². The number of furan rings is 1. The molecule has 1 N–H and O–H groups in total. The van der Waals surface area contributed by atoms with Crippen molar-refractivity contribution in [2.45, 2.75) is 13.3 Å². The molecule has 0 aliphatic carbocycles. The van der Waals surface area contributed by atoms with Gasteiger partial charge in [0.25, 0.3) is 0 Å². The Kier molecular flexibility index (Phi) is 3.69. The molecule has 0 spiro atoms. The van der Waals surface area contributed by atoms with E-state index in [1.807, 2.05) is 37.7 Å². The van der Waals surface area contributed by atoms with E-state index in [9.17, 15) is 0 Å². The Labute approximate surface area is 109 Å². The van der Waals surface area contributed by atoms with Crippen LogP contribution in [0.1, 0.15) is 11.6 Å². The average Bonchev–Trinajstić information content (AvgIpc) is 2.84. The molecule has 0 bridgehead atoms. The SMILES string of the molecule is CNCCc1nc(-c2ccc(C)o2)c(Br)n1C. The van der Waals surface area contributed by atoms with Crippen LogP contribution >= 0.6 is 15.9 Å². The van der Waals surface area contributed by atoms with Crippen LogP contribution in [0.4, 0.5) is 0 Å². The molecule has 4 nitrogen and oxygen atoms in total. The Balaban J connectivity index is 2.35. The van der Waals surface area contributed by atoms with Gasteiger partial charge in [0, 0.05) is 20.0 Å². The van der Waals surface area contributed by atoms with E-state index in [1.54, 1.807) is 0 Å². The van der Waals surface area contributed by atoms with Gasteiger partial charge < -0.3 is 14.3 Å². The van der Waals surface area contributed by atoms with E-state index < -0.39 is 0 Å². The van der Waals surface area contributed by atoms with E-state index in [-0.39, 0.29) is 0 Å². The molecule has 0 amide bonds. The Morgan fingerprint density at radius 2 is 2.24 bits per heavy atom. The lowest BCUT2D eigenvalue weighted by Gasteiger charge is -2.00. The van der Waals surface area contributed by atoms with Gasteiger partial charge in [-0.3, -0.25) is 0 Å². The van der Waals surface area contributed by atoms with Crippen LogP contribution in [-0.4, -0.2) is 23.1 Å². The highest BCUT2D eigenvalue weighted by molar-refractivity contribution is 9.10. The van der Waals surface area contributed by atoms with E-state index in [4.69, 9.17) is 4.42 Å². The Morgan fingerprint density at radius 3 is 2.82 bits per heavy atom. The van der Waals surface area contributed by atoms with Crippen molar-refractivity contribution in [3.05, 3.63) is 28.3 Å². The molecule has 17 heavy (non-hydrogen) atoms. The second kappa shape index (κ2) is 5.06. The molecule has 0 saturated carbocycles. The largest absolute Gasteiger partial charge is 0.460 e. The molecule has 2 rings (SSSR count). The highest BCUT2D eigenvalue weighted by atomic mass is 79.9. The predicted molar refractivity (Wildman–Crippen MR) is 71.0 cm³/mol. The average molecular weight is 298 g/mol.